The van der Waals surface area contributed by atoms with Gasteiger partial charge in [-0.25, -0.2) is 14.1 Å². The van der Waals surface area contributed by atoms with Gasteiger partial charge in [-0.15, -0.1) is 0 Å². The number of hydrogen-bond donors (Lipinski definition) is 4. The van der Waals surface area contributed by atoms with Crippen molar-refractivity contribution in [3.8, 4) is 11.8 Å². The molecule has 16 heteroatoms. The summed E-state index contributed by atoms with van der Waals surface area (Å²) in [6.45, 7) is 3.59. The van der Waals surface area contributed by atoms with E-state index in [2.05, 4.69) is 23.1 Å². The van der Waals surface area contributed by atoms with Gasteiger partial charge in [0, 0.05) is 6.61 Å². The van der Waals surface area contributed by atoms with E-state index in [1.54, 1.807) is 37.3 Å². The first kappa shape index (κ1) is 47.5. The zero-order valence-electron chi connectivity index (χ0n) is 34.6. The summed E-state index contributed by atoms with van der Waals surface area (Å²) in [5, 5.41) is 35.6. The Kier molecular flexibility index (Phi) is 20.3. The zero-order valence-corrected chi connectivity index (χ0v) is 35.5. The average Bonchev–Trinajstić information content (AvgIpc) is 3.76. The number of methoxy groups -OCH3 is 1. The molecule has 1 saturated heterocycles. The molecule has 4 rings (SSSR count). The van der Waals surface area contributed by atoms with Crippen molar-refractivity contribution in [2.24, 2.45) is 0 Å². The lowest BCUT2D eigenvalue weighted by atomic mass is 9.93. The van der Waals surface area contributed by atoms with Crippen LogP contribution in [0.25, 0.3) is 5.52 Å². The Morgan fingerprint density at radius 1 is 0.948 bits per heavy atom. The number of nitrogen functional groups attached to an aromatic ring is 1. The van der Waals surface area contributed by atoms with Crippen molar-refractivity contribution in [1.82, 2.24) is 14.6 Å². The van der Waals surface area contributed by atoms with Crippen LogP contribution >= 0.6 is 7.82 Å². The minimum atomic E-state index is -4.70. The number of rotatable bonds is 30. The molecule has 0 radical (unpaired) electrons. The number of fused-ring (bicyclic) bond motifs is 1. The predicted octanol–water partition coefficient (Wildman–Crippen LogP) is 7.52. The maximum atomic E-state index is 13.1. The number of nitrogens with zero attached hydrogens (tertiary/aromatic N) is 4. The van der Waals surface area contributed by atoms with Crippen LogP contribution in [0.15, 0.2) is 36.7 Å². The normalized spacial score (nSPS) is 20.9. The molecule has 15 nitrogen and oxygen atoms in total. The van der Waals surface area contributed by atoms with Gasteiger partial charge < -0.3 is 39.8 Å². The van der Waals surface area contributed by atoms with Gasteiger partial charge in [0.1, 0.15) is 53.7 Å². The molecule has 0 saturated carbocycles. The highest BCUT2D eigenvalue weighted by Crippen LogP contribution is 2.46. The number of nitriles is 1. The number of aromatic nitrogens is 3. The third-order valence-electron chi connectivity index (χ3n) is 10.8. The second kappa shape index (κ2) is 24.8. The molecular formula is C42H66N5O10P. The Morgan fingerprint density at radius 2 is 1.59 bits per heavy atom. The maximum Gasteiger partial charge on any atom is 0.472 e. The van der Waals surface area contributed by atoms with Crippen molar-refractivity contribution in [2.75, 3.05) is 39.3 Å². The molecule has 58 heavy (non-hydrogen) atoms. The van der Waals surface area contributed by atoms with Crippen LogP contribution in [0.5, 0.6) is 5.75 Å². The number of aliphatic hydroxyl groups is 2. The SMILES string of the molecule is CCCCCCCCCCCCCCCCCCOC[C@H](COP(=O)(O)OC[C@H]1O[C@@](C)(c2ccc3c(N)ncnn23)[C@H](O)[C@@H]1O)OCc1ccc(OC)c(C#N)c1. The van der Waals surface area contributed by atoms with E-state index in [1.807, 2.05) is 0 Å². The van der Waals surface area contributed by atoms with Gasteiger partial charge in [0.05, 0.1) is 44.8 Å². The van der Waals surface area contributed by atoms with Gasteiger partial charge in [-0.3, -0.25) is 9.05 Å². The van der Waals surface area contributed by atoms with Crippen LogP contribution in [0.3, 0.4) is 0 Å². The first-order valence-electron chi connectivity index (χ1n) is 21.0. The van der Waals surface area contributed by atoms with E-state index in [1.165, 1.54) is 101 Å². The number of anilines is 1. The van der Waals surface area contributed by atoms with Crippen molar-refractivity contribution in [2.45, 2.75) is 153 Å². The second-order valence-corrected chi connectivity index (χ2v) is 16.8. The number of aliphatic hydroxyl groups excluding tert-OH is 2. The molecule has 0 spiro atoms. The monoisotopic (exact) mass is 831 g/mol. The first-order valence-corrected chi connectivity index (χ1v) is 22.5. The number of ether oxygens (including phenoxy) is 4. The highest BCUT2D eigenvalue weighted by Gasteiger charge is 2.54. The topological polar surface area (TPSA) is 213 Å². The fourth-order valence-corrected chi connectivity index (χ4v) is 8.06. The number of phosphoric acid groups is 1. The summed E-state index contributed by atoms with van der Waals surface area (Å²) in [5.74, 6) is 0.663. The summed E-state index contributed by atoms with van der Waals surface area (Å²) >= 11 is 0. The van der Waals surface area contributed by atoms with Gasteiger partial charge in [0.2, 0.25) is 0 Å². The summed E-state index contributed by atoms with van der Waals surface area (Å²) in [5.41, 5.74) is 6.43. The summed E-state index contributed by atoms with van der Waals surface area (Å²) in [7, 11) is -3.21. The van der Waals surface area contributed by atoms with Crippen molar-refractivity contribution >= 4 is 19.2 Å². The van der Waals surface area contributed by atoms with Crippen LogP contribution in [-0.2, 0) is 40.0 Å². The summed E-state index contributed by atoms with van der Waals surface area (Å²) in [6, 6.07) is 10.5. The molecule has 324 valence electrons. The van der Waals surface area contributed by atoms with Crippen LogP contribution in [0.2, 0.25) is 0 Å². The minimum absolute atomic E-state index is 0.0786. The van der Waals surface area contributed by atoms with Gasteiger partial charge >= 0.3 is 7.82 Å². The van der Waals surface area contributed by atoms with Crippen LogP contribution < -0.4 is 10.5 Å². The smallest absolute Gasteiger partial charge is 0.472 e. The van der Waals surface area contributed by atoms with Gasteiger partial charge in [0.15, 0.2) is 5.82 Å². The van der Waals surface area contributed by atoms with E-state index in [0.717, 1.165) is 19.3 Å². The molecule has 3 heterocycles. The Morgan fingerprint density at radius 3 is 2.21 bits per heavy atom. The standard InChI is InChI=1S/C42H66N5O10P/c1-4-5-6-7-8-9-10-11-12-13-14-15-16-17-18-19-24-53-28-34(54-27-32-20-22-36(52-3)33(25-32)26-43)29-55-58(50,51)56-30-37-39(48)40(49)42(2,57-37)38-23-21-35-41(44)45-31-46-47(35)38/h20-23,25,31,34,37,39-40,48-49H,4-19,24,27-30H2,1-3H3,(H,50,51)(H2,44,45,46)/t34-,37-,39-,40-,42+/m1/s1. The van der Waals surface area contributed by atoms with E-state index >= 15 is 0 Å². The molecule has 2 aromatic heterocycles. The highest BCUT2D eigenvalue weighted by molar-refractivity contribution is 7.47. The maximum absolute atomic E-state index is 13.1. The molecule has 5 N–H and O–H groups in total. The van der Waals surface area contributed by atoms with Crippen molar-refractivity contribution in [3.05, 3.63) is 53.5 Å². The first-order chi connectivity index (χ1) is 28.0. The second-order valence-electron chi connectivity index (χ2n) is 15.4. The van der Waals surface area contributed by atoms with Gasteiger partial charge in [0.25, 0.3) is 0 Å². The van der Waals surface area contributed by atoms with E-state index in [-0.39, 0.29) is 25.6 Å². The van der Waals surface area contributed by atoms with Gasteiger partial charge in [-0.05, 0) is 43.2 Å². The predicted molar refractivity (Wildman–Crippen MR) is 220 cm³/mol. The van der Waals surface area contributed by atoms with Gasteiger partial charge in [-0.1, -0.05) is 109 Å². The third kappa shape index (κ3) is 14.5. The number of benzene rings is 1. The summed E-state index contributed by atoms with van der Waals surface area (Å²) in [4.78, 5) is 14.6. The van der Waals surface area contributed by atoms with Gasteiger partial charge in [-0.2, -0.15) is 10.4 Å². The van der Waals surface area contributed by atoms with E-state index in [9.17, 15) is 24.9 Å². The van der Waals surface area contributed by atoms with Crippen LogP contribution in [-0.4, -0.2) is 87.7 Å². The Balaban J connectivity index is 1.19. The lowest BCUT2D eigenvalue weighted by Gasteiger charge is -2.27. The summed E-state index contributed by atoms with van der Waals surface area (Å²) in [6.07, 6.45) is 16.9. The molecule has 6 atom stereocenters. The van der Waals surface area contributed by atoms with E-state index < -0.39 is 44.4 Å². The van der Waals surface area contributed by atoms with Crippen molar-refractivity contribution < 1.29 is 47.7 Å². The Bertz CT molecular complexity index is 1740. The lowest BCUT2D eigenvalue weighted by Crippen LogP contribution is -2.39. The molecule has 0 amide bonds. The molecule has 0 aliphatic carbocycles. The molecule has 1 aliphatic heterocycles. The van der Waals surface area contributed by atoms with Crippen LogP contribution in [0, 0.1) is 11.3 Å². The molecule has 1 aliphatic rings. The lowest BCUT2D eigenvalue weighted by molar-refractivity contribution is -0.0901. The Hall–Kier alpha value is -3.16. The summed E-state index contributed by atoms with van der Waals surface area (Å²) < 4.78 is 48.4. The molecular weight excluding hydrogens is 765 g/mol. The minimum Gasteiger partial charge on any atom is -0.495 e. The Labute approximate surface area is 343 Å². The highest BCUT2D eigenvalue weighted by atomic mass is 31.2. The molecule has 1 aromatic carbocycles. The molecule has 1 unspecified atom stereocenters. The molecule has 0 bridgehead atoms. The van der Waals surface area contributed by atoms with Crippen LogP contribution in [0.4, 0.5) is 5.82 Å². The number of nitrogens with two attached hydrogens (primary N) is 1. The van der Waals surface area contributed by atoms with Crippen LogP contribution in [0.1, 0.15) is 133 Å². The number of unbranched alkanes of at least 4 members (excludes halogenated alkanes) is 15. The van der Waals surface area contributed by atoms with E-state index in [4.69, 9.17) is 33.7 Å². The van der Waals surface area contributed by atoms with E-state index in [0.29, 0.717) is 34.7 Å². The number of hydrogen-bond acceptors (Lipinski definition) is 13. The van der Waals surface area contributed by atoms with Crippen molar-refractivity contribution in [3.63, 3.8) is 0 Å². The fourth-order valence-electron chi connectivity index (χ4n) is 7.30. The largest absolute Gasteiger partial charge is 0.495 e. The zero-order chi connectivity index (χ0) is 41.8. The fraction of sp³-hybridized carbons (Fsp3) is 0.690. The average molecular weight is 832 g/mol. The number of phosphoric ester groups is 1. The quantitative estimate of drug-likeness (QED) is 0.0378. The molecule has 1 fully saturated rings. The third-order valence-corrected chi connectivity index (χ3v) is 11.7. The van der Waals surface area contributed by atoms with Crippen molar-refractivity contribution in [1.29, 1.82) is 5.26 Å². The molecule has 3 aromatic rings.